The van der Waals surface area contributed by atoms with Crippen molar-refractivity contribution in [3.63, 3.8) is 0 Å². The molecule has 0 heterocycles. The molecule has 1 N–H and O–H groups in total. The fourth-order valence-corrected chi connectivity index (χ4v) is 7.42. The van der Waals surface area contributed by atoms with Gasteiger partial charge in [-0.2, -0.15) is 0 Å². The Morgan fingerprint density at radius 3 is 0.880 bits per heavy atom. The van der Waals surface area contributed by atoms with Gasteiger partial charge < -0.3 is 9.84 Å². The zero-order chi connectivity index (χ0) is 36.4. The van der Waals surface area contributed by atoms with Gasteiger partial charge in [0.15, 0.2) is 0 Å². The first-order valence-electron chi connectivity index (χ1n) is 23.0. The van der Waals surface area contributed by atoms with E-state index in [-0.39, 0.29) is 12.1 Å². The zero-order valence-corrected chi connectivity index (χ0v) is 34.2. The number of hydrogen-bond donors (Lipinski definition) is 1. The lowest BCUT2D eigenvalue weighted by molar-refractivity contribution is -0.150. The standard InChI is InChI=1S/C46H90O4/c1-3-5-7-9-11-12-13-14-15-16-17-18-19-20-25-28-31-35-39-43-46(49)50-44(40-36-32-10-8-6-4-2)41-37-33-29-26-23-21-22-24-27-30-34-38-42-45(47)48/h44H,3-43H2,1-2H3,(H,47,48). The summed E-state index contributed by atoms with van der Waals surface area (Å²) in [5.74, 6) is -0.615. The van der Waals surface area contributed by atoms with E-state index in [2.05, 4.69) is 13.8 Å². The summed E-state index contributed by atoms with van der Waals surface area (Å²) in [5, 5.41) is 8.71. The second-order valence-electron chi connectivity index (χ2n) is 16.0. The van der Waals surface area contributed by atoms with E-state index in [1.165, 1.54) is 218 Å². The number of ether oxygens (including phenoxy) is 1. The maximum absolute atomic E-state index is 12.7. The van der Waals surface area contributed by atoms with E-state index in [1.54, 1.807) is 0 Å². The highest BCUT2D eigenvalue weighted by Crippen LogP contribution is 2.20. The Bertz CT molecular complexity index is 677. The van der Waals surface area contributed by atoms with Gasteiger partial charge in [-0.1, -0.05) is 226 Å². The van der Waals surface area contributed by atoms with Gasteiger partial charge in [-0.05, 0) is 38.5 Å². The predicted molar refractivity (Wildman–Crippen MR) is 218 cm³/mol. The summed E-state index contributed by atoms with van der Waals surface area (Å²) in [4.78, 5) is 23.3. The number of carboxylic acid groups (broad SMARTS) is 1. The minimum atomic E-state index is -0.666. The fraction of sp³-hybridized carbons (Fsp3) is 0.957. The Morgan fingerprint density at radius 2 is 0.600 bits per heavy atom. The molecular weight excluding hydrogens is 617 g/mol. The van der Waals surface area contributed by atoms with Crippen molar-refractivity contribution < 1.29 is 19.4 Å². The van der Waals surface area contributed by atoms with Gasteiger partial charge in [0.1, 0.15) is 6.10 Å². The molecule has 0 saturated heterocycles. The maximum atomic E-state index is 12.7. The van der Waals surface area contributed by atoms with E-state index >= 15 is 0 Å². The number of carbonyl (C=O) groups excluding carboxylic acids is 1. The molecule has 0 aliphatic rings. The van der Waals surface area contributed by atoms with Gasteiger partial charge in [0, 0.05) is 12.8 Å². The monoisotopic (exact) mass is 707 g/mol. The second-order valence-corrected chi connectivity index (χ2v) is 16.0. The van der Waals surface area contributed by atoms with E-state index in [0.29, 0.717) is 12.8 Å². The van der Waals surface area contributed by atoms with Gasteiger partial charge in [-0.15, -0.1) is 0 Å². The van der Waals surface area contributed by atoms with Crippen LogP contribution in [-0.2, 0) is 14.3 Å². The van der Waals surface area contributed by atoms with Crippen LogP contribution in [0.5, 0.6) is 0 Å². The zero-order valence-electron chi connectivity index (χ0n) is 34.2. The average molecular weight is 707 g/mol. The number of carbonyl (C=O) groups is 2. The molecule has 0 aromatic heterocycles. The molecule has 1 unspecified atom stereocenters. The van der Waals surface area contributed by atoms with Crippen LogP contribution in [0.3, 0.4) is 0 Å². The summed E-state index contributed by atoms with van der Waals surface area (Å²) >= 11 is 0. The van der Waals surface area contributed by atoms with Crippen molar-refractivity contribution in [3.8, 4) is 0 Å². The quantitative estimate of drug-likeness (QED) is 0.0506. The Hall–Kier alpha value is -1.06. The maximum Gasteiger partial charge on any atom is 0.306 e. The highest BCUT2D eigenvalue weighted by Gasteiger charge is 2.14. The lowest BCUT2D eigenvalue weighted by Gasteiger charge is -2.18. The number of esters is 1. The van der Waals surface area contributed by atoms with Crippen molar-refractivity contribution in [3.05, 3.63) is 0 Å². The first-order chi connectivity index (χ1) is 24.6. The van der Waals surface area contributed by atoms with Crippen molar-refractivity contribution >= 4 is 11.9 Å². The van der Waals surface area contributed by atoms with Crippen molar-refractivity contribution in [1.29, 1.82) is 0 Å². The van der Waals surface area contributed by atoms with Crippen LogP contribution in [0.25, 0.3) is 0 Å². The van der Waals surface area contributed by atoms with Gasteiger partial charge in [0.2, 0.25) is 0 Å². The third kappa shape index (κ3) is 41.4. The molecule has 0 aliphatic heterocycles. The van der Waals surface area contributed by atoms with E-state index in [9.17, 15) is 9.59 Å². The summed E-state index contributed by atoms with van der Waals surface area (Å²) in [7, 11) is 0. The van der Waals surface area contributed by atoms with Crippen LogP contribution in [-0.4, -0.2) is 23.1 Å². The predicted octanol–water partition coefficient (Wildman–Crippen LogP) is 16.0. The Balaban J connectivity index is 3.81. The van der Waals surface area contributed by atoms with E-state index in [1.807, 2.05) is 0 Å². The van der Waals surface area contributed by atoms with Gasteiger partial charge in [-0.3, -0.25) is 9.59 Å². The van der Waals surface area contributed by atoms with Crippen molar-refractivity contribution in [2.24, 2.45) is 0 Å². The fourth-order valence-electron chi connectivity index (χ4n) is 7.42. The molecule has 0 radical (unpaired) electrons. The summed E-state index contributed by atoms with van der Waals surface area (Å²) in [6.45, 7) is 4.57. The molecule has 0 aliphatic carbocycles. The normalized spacial score (nSPS) is 12.0. The van der Waals surface area contributed by atoms with E-state index in [0.717, 1.165) is 32.1 Å². The molecular formula is C46H90O4. The third-order valence-corrected chi connectivity index (χ3v) is 10.8. The first-order valence-corrected chi connectivity index (χ1v) is 23.0. The van der Waals surface area contributed by atoms with E-state index in [4.69, 9.17) is 9.84 Å². The van der Waals surface area contributed by atoms with Crippen LogP contribution in [0.2, 0.25) is 0 Å². The molecule has 0 rings (SSSR count). The summed E-state index contributed by atoms with van der Waals surface area (Å²) in [6.07, 6.45) is 51.6. The van der Waals surface area contributed by atoms with E-state index < -0.39 is 5.97 Å². The molecule has 0 bridgehead atoms. The molecule has 4 heteroatoms. The van der Waals surface area contributed by atoms with Crippen LogP contribution < -0.4 is 0 Å². The Morgan fingerprint density at radius 1 is 0.360 bits per heavy atom. The van der Waals surface area contributed by atoms with Gasteiger partial charge in [0.25, 0.3) is 0 Å². The minimum Gasteiger partial charge on any atom is -0.481 e. The third-order valence-electron chi connectivity index (χ3n) is 10.8. The van der Waals surface area contributed by atoms with Crippen molar-refractivity contribution in [2.45, 2.75) is 283 Å². The largest absolute Gasteiger partial charge is 0.481 e. The average Bonchev–Trinajstić information content (AvgIpc) is 3.10. The molecule has 0 aromatic carbocycles. The molecule has 50 heavy (non-hydrogen) atoms. The molecule has 1 atom stereocenters. The van der Waals surface area contributed by atoms with Gasteiger partial charge in [0.05, 0.1) is 0 Å². The van der Waals surface area contributed by atoms with Crippen LogP contribution in [0.4, 0.5) is 0 Å². The Kier molecular flexibility index (Phi) is 41.5. The molecule has 0 spiro atoms. The minimum absolute atomic E-state index is 0.0508. The van der Waals surface area contributed by atoms with Crippen LogP contribution in [0.1, 0.15) is 277 Å². The van der Waals surface area contributed by atoms with Crippen molar-refractivity contribution in [2.75, 3.05) is 0 Å². The molecule has 0 fully saturated rings. The van der Waals surface area contributed by atoms with Gasteiger partial charge in [-0.25, -0.2) is 0 Å². The summed E-state index contributed by atoms with van der Waals surface area (Å²) in [5.41, 5.74) is 0. The topological polar surface area (TPSA) is 63.6 Å². The number of aliphatic carboxylic acids is 1. The lowest BCUT2D eigenvalue weighted by atomic mass is 10.0. The number of carboxylic acids is 1. The number of rotatable bonds is 43. The van der Waals surface area contributed by atoms with Crippen LogP contribution >= 0.6 is 0 Å². The lowest BCUT2D eigenvalue weighted by Crippen LogP contribution is -2.18. The smallest absolute Gasteiger partial charge is 0.306 e. The summed E-state index contributed by atoms with van der Waals surface area (Å²) in [6, 6.07) is 0. The SMILES string of the molecule is CCCCCCCCCCCCCCCCCCCCCC(=O)OC(CCCCCCCC)CCCCCCCCCCCCCCC(=O)O. The highest BCUT2D eigenvalue weighted by molar-refractivity contribution is 5.69. The molecule has 4 nitrogen and oxygen atoms in total. The molecule has 0 amide bonds. The molecule has 0 saturated carbocycles. The number of unbranched alkanes of at least 4 members (excludes halogenated alkanes) is 34. The van der Waals surface area contributed by atoms with Gasteiger partial charge >= 0.3 is 11.9 Å². The molecule has 0 aromatic rings. The van der Waals surface area contributed by atoms with Crippen LogP contribution in [0, 0.1) is 0 Å². The second kappa shape index (κ2) is 42.4. The Labute approximate surface area is 313 Å². The highest BCUT2D eigenvalue weighted by atomic mass is 16.5. The van der Waals surface area contributed by atoms with Crippen molar-refractivity contribution in [1.82, 2.24) is 0 Å². The summed E-state index contributed by atoms with van der Waals surface area (Å²) < 4.78 is 6.07. The van der Waals surface area contributed by atoms with Crippen LogP contribution in [0.15, 0.2) is 0 Å². The first kappa shape index (κ1) is 48.9. The molecule has 298 valence electrons. The number of hydrogen-bond acceptors (Lipinski definition) is 3.